The lowest BCUT2D eigenvalue weighted by Gasteiger charge is -2.26. The molecule has 7 nitrogen and oxygen atoms in total. The van der Waals surface area contributed by atoms with Gasteiger partial charge in [-0.2, -0.15) is 0 Å². The standard InChI is InChI=1S/C20H18O7/c1-2-3-4-5-12(22)17-14(24)8-11-16(20(17)27)19(26)15-10(18(11)25)6-9(21)7-13(15)23/h6-8,21,23-24,27H,2-5H2,1H3/p-1. The Bertz CT molecular complexity index is 989. The number of aromatic hydroxyl groups is 3. The zero-order valence-electron chi connectivity index (χ0n) is 14.5. The normalized spacial score (nSPS) is 12.6. The van der Waals surface area contributed by atoms with Crippen molar-refractivity contribution in [2.24, 2.45) is 0 Å². The summed E-state index contributed by atoms with van der Waals surface area (Å²) in [5.41, 5.74) is -2.11. The van der Waals surface area contributed by atoms with Crippen LogP contribution in [0.1, 0.15) is 74.8 Å². The fourth-order valence-electron chi connectivity index (χ4n) is 3.28. The predicted octanol–water partition coefficient (Wildman–Crippen LogP) is 2.42. The molecule has 0 atom stereocenters. The van der Waals surface area contributed by atoms with E-state index in [0.717, 1.165) is 31.0 Å². The third-order valence-electron chi connectivity index (χ3n) is 4.59. The van der Waals surface area contributed by atoms with E-state index in [1.54, 1.807) is 0 Å². The zero-order valence-corrected chi connectivity index (χ0v) is 14.5. The number of fused-ring (bicyclic) bond motifs is 2. The summed E-state index contributed by atoms with van der Waals surface area (Å²) < 4.78 is 0. The smallest absolute Gasteiger partial charge is 0.197 e. The Morgan fingerprint density at radius 3 is 2.26 bits per heavy atom. The molecule has 0 spiro atoms. The molecule has 2 aromatic carbocycles. The summed E-state index contributed by atoms with van der Waals surface area (Å²) in [4.78, 5) is 37.8. The van der Waals surface area contributed by atoms with E-state index >= 15 is 0 Å². The highest BCUT2D eigenvalue weighted by Gasteiger charge is 2.35. The third-order valence-corrected chi connectivity index (χ3v) is 4.59. The number of hydrogen-bond donors (Lipinski definition) is 3. The second kappa shape index (κ2) is 6.75. The number of unbranched alkanes of at least 4 members (excludes halogenated alkanes) is 2. The summed E-state index contributed by atoms with van der Waals surface area (Å²) in [6.45, 7) is 1.95. The highest BCUT2D eigenvalue weighted by molar-refractivity contribution is 6.31. The van der Waals surface area contributed by atoms with Crippen LogP contribution in [0.15, 0.2) is 18.2 Å². The van der Waals surface area contributed by atoms with Crippen molar-refractivity contribution in [3.05, 3.63) is 46.0 Å². The van der Waals surface area contributed by atoms with Crippen molar-refractivity contribution >= 4 is 17.3 Å². The molecule has 0 heterocycles. The van der Waals surface area contributed by atoms with Crippen LogP contribution in [0.25, 0.3) is 0 Å². The van der Waals surface area contributed by atoms with Crippen molar-refractivity contribution < 1.29 is 34.8 Å². The summed E-state index contributed by atoms with van der Waals surface area (Å²) in [5.74, 6) is -5.08. The fraction of sp³-hybridized carbons (Fsp3) is 0.250. The van der Waals surface area contributed by atoms with Crippen LogP contribution in [0.3, 0.4) is 0 Å². The van der Waals surface area contributed by atoms with Gasteiger partial charge in [0.2, 0.25) is 0 Å². The molecule has 0 amide bonds. The first-order valence-electron chi connectivity index (χ1n) is 8.53. The molecule has 0 aromatic heterocycles. The van der Waals surface area contributed by atoms with Gasteiger partial charge in [-0.3, -0.25) is 14.4 Å². The third kappa shape index (κ3) is 2.91. The predicted molar refractivity (Wildman–Crippen MR) is 92.7 cm³/mol. The minimum Gasteiger partial charge on any atom is -0.871 e. The lowest BCUT2D eigenvalue weighted by Crippen LogP contribution is -2.24. The summed E-state index contributed by atoms with van der Waals surface area (Å²) >= 11 is 0. The summed E-state index contributed by atoms with van der Waals surface area (Å²) in [7, 11) is 0. The molecule has 0 saturated heterocycles. The van der Waals surface area contributed by atoms with Crippen LogP contribution in [0, 0.1) is 0 Å². The van der Waals surface area contributed by atoms with E-state index in [2.05, 4.69) is 0 Å². The fourth-order valence-corrected chi connectivity index (χ4v) is 3.28. The minimum absolute atomic E-state index is 0.0350. The molecule has 27 heavy (non-hydrogen) atoms. The number of phenols is 3. The molecule has 3 rings (SSSR count). The monoisotopic (exact) mass is 369 g/mol. The lowest BCUT2D eigenvalue weighted by atomic mass is 9.81. The van der Waals surface area contributed by atoms with Crippen molar-refractivity contribution in [1.29, 1.82) is 0 Å². The van der Waals surface area contributed by atoms with Crippen LogP contribution in [-0.2, 0) is 0 Å². The Balaban J connectivity index is 2.17. The van der Waals surface area contributed by atoms with Crippen molar-refractivity contribution in [3.8, 4) is 23.0 Å². The Hall–Kier alpha value is -3.35. The van der Waals surface area contributed by atoms with Gasteiger partial charge in [0.25, 0.3) is 0 Å². The second-order valence-electron chi connectivity index (χ2n) is 6.45. The first kappa shape index (κ1) is 18.4. The quantitative estimate of drug-likeness (QED) is 0.464. The van der Waals surface area contributed by atoms with Crippen molar-refractivity contribution in [3.63, 3.8) is 0 Å². The SMILES string of the molecule is CCCCCC(=O)c1c(O)cc2c(c1[O-])C(=O)c1c(O)cc(O)cc1C2=O. The van der Waals surface area contributed by atoms with Gasteiger partial charge in [-0.15, -0.1) is 0 Å². The van der Waals surface area contributed by atoms with Gasteiger partial charge in [-0.1, -0.05) is 25.5 Å². The number of hydrogen-bond acceptors (Lipinski definition) is 7. The summed E-state index contributed by atoms with van der Waals surface area (Å²) in [5, 5.41) is 42.5. The second-order valence-corrected chi connectivity index (χ2v) is 6.45. The van der Waals surface area contributed by atoms with Crippen LogP contribution in [0.2, 0.25) is 0 Å². The van der Waals surface area contributed by atoms with Crippen molar-refractivity contribution in [1.82, 2.24) is 0 Å². The van der Waals surface area contributed by atoms with Crippen LogP contribution in [0.4, 0.5) is 0 Å². The molecule has 1 aliphatic rings. The molecule has 0 saturated carbocycles. The van der Waals surface area contributed by atoms with Gasteiger partial charge < -0.3 is 20.4 Å². The Labute approximate surface area is 154 Å². The van der Waals surface area contributed by atoms with Gasteiger partial charge in [0, 0.05) is 29.2 Å². The van der Waals surface area contributed by atoms with Crippen molar-refractivity contribution in [2.75, 3.05) is 0 Å². The van der Waals surface area contributed by atoms with E-state index < -0.39 is 57.0 Å². The topological polar surface area (TPSA) is 135 Å². The number of carbonyl (C=O) groups excluding carboxylic acids is 3. The maximum Gasteiger partial charge on any atom is 0.197 e. The van der Waals surface area contributed by atoms with Crippen molar-refractivity contribution in [2.45, 2.75) is 32.6 Å². The molecule has 0 fully saturated rings. The first-order valence-corrected chi connectivity index (χ1v) is 8.53. The molecule has 2 aromatic rings. The number of ketones is 3. The minimum atomic E-state index is -1.03. The number of Topliss-reactive ketones (excluding diaryl/α,β-unsaturated/α-hetero) is 1. The molecule has 140 valence electrons. The molecule has 1 aliphatic carbocycles. The lowest BCUT2D eigenvalue weighted by molar-refractivity contribution is -0.269. The van der Waals surface area contributed by atoms with Gasteiger partial charge in [-0.05, 0) is 18.6 Å². The maximum atomic E-state index is 12.8. The molecular weight excluding hydrogens is 352 g/mol. The van der Waals surface area contributed by atoms with E-state index in [0.29, 0.717) is 6.42 Å². The average molecular weight is 369 g/mol. The molecule has 7 heteroatoms. The van der Waals surface area contributed by atoms with E-state index in [-0.39, 0.29) is 17.5 Å². The molecule has 0 radical (unpaired) electrons. The highest BCUT2D eigenvalue weighted by Crippen LogP contribution is 2.42. The molecule has 0 unspecified atom stereocenters. The Morgan fingerprint density at radius 1 is 0.926 bits per heavy atom. The van der Waals surface area contributed by atoms with E-state index in [9.17, 15) is 34.8 Å². The number of benzene rings is 2. The van der Waals surface area contributed by atoms with Crippen LogP contribution < -0.4 is 5.11 Å². The highest BCUT2D eigenvalue weighted by atomic mass is 16.3. The largest absolute Gasteiger partial charge is 0.871 e. The summed E-state index contributed by atoms with van der Waals surface area (Å²) in [6, 6.07) is 2.81. The van der Waals surface area contributed by atoms with Crippen LogP contribution in [0.5, 0.6) is 23.0 Å². The molecule has 3 N–H and O–H groups in total. The number of carbonyl (C=O) groups is 3. The van der Waals surface area contributed by atoms with Gasteiger partial charge in [0.1, 0.15) is 17.2 Å². The van der Waals surface area contributed by atoms with Crippen LogP contribution in [-0.4, -0.2) is 32.7 Å². The van der Waals surface area contributed by atoms with Gasteiger partial charge in [0.15, 0.2) is 17.3 Å². The average Bonchev–Trinajstić information content (AvgIpc) is 2.58. The first-order chi connectivity index (χ1) is 12.8. The van der Waals surface area contributed by atoms with E-state index in [1.807, 2.05) is 6.92 Å². The van der Waals surface area contributed by atoms with Gasteiger partial charge in [-0.25, -0.2) is 0 Å². The van der Waals surface area contributed by atoms with Gasteiger partial charge in [0.05, 0.1) is 11.1 Å². The number of phenolic OH excluding ortho intramolecular Hbond substituents is 3. The number of rotatable bonds is 5. The molecule has 0 bridgehead atoms. The van der Waals surface area contributed by atoms with Gasteiger partial charge >= 0.3 is 0 Å². The Morgan fingerprint density at radius 2 is 1.59 bits per heavy atom. The molecule has 0 aliphatic heterocycles. The van der Waals surface area contributed by atoms with Crippen LogP contribution >= 0.6 is 0 Å². The van der Waals surface area contributed by atoms with E-state index in [4.69, 9.17) is 0 Å². The molecular formula is C20H17O7-. The van der Waals surface area contributed by atoms with E-state index in [1.165, 1.54) is 0 Å². The summed E-state index contributed by atoms with van der Waals surface area (Å²) in [6.07, 6.45) is 2.20. The Kier molecular flexibility index (Phi) is 4.61. The zero-order chi connectivity index (χ0) is 19.9. The maximum absolute atomic E-state index is 12.8.